The number of carbonyl (C=O) groups is 2. The van der Waals surface area contributed by atoms with Crippen molar-refractivity contribution in [3.63, 3.8) is 0 Å². The Bertz CT molecular complexity index is 1270. The molecule has 1 saturated heterocycles. The van der Waals surface area contributed by atoms with Crippen LogP contribution in [0, 0.1) is 0 Å². The third kappa shape index (κ3) is 3.87. The highest BCUT2D eigenvalue weighted by atomic mass is 16.2. The highest BCUT2D eigenvalue weighted by molar-refractivity contribution is 5.95. The Morgan fingerprint density at radius 3 is 2.47 bits per heavy atom. The molecular weight excluding hydrogens is 404 g/mol. The second kappa shape index (κ2) is 8.30. The summed E-state index contributed by atoms with van der Waals surface area (Å²) < 4.78 is 3.62. The third-order valence-electron chi connectivity index (χ3n) is 5.93. The van der Waals surface area contributed by atoms with E-state index in [2.05, 4.69) is 15.4 Å². The van der Waals surface area contributed by atoms with E-state index in [1.165, 1.54) is 0 Å². The van der Waals surface area contributed by atoms with Crippen LogP contribution in [0.15, 0.2) is 67.3 Å². The molecule has 2 aromatic carbocycles. The number of hydrogen-bond donors (Lipinski definition) is 1. The largest absolute Gasteiger partial charge is 0.349 e. The Labute approximate surface area is 185 Å². The van der Waals surface area contributed by atoms with Crippen LogP contribution in [0.2, 0.25) is 0 Å². The fraction of sp³-hybridized carbons (Fsp3) is 0.250. The first-order valence-electron chi connectivity index (χ1n) is 10.7. The number of carbonyl (C=O) groups excluding carboxylic acids is 2. The zero-order valence-corrected chi connectivity index (χ0v) is 17.8. The molecule has 2 aromatic heterocycles. The first-order chi connectivity index (χ1) is 15.6. The van der Waals surface area contributed by atoms with Crippen molar-refractivity contribution in [3.8, 4) is 5.69 Å². The van der Waals surface area contributed by atoms with Crippen molar-refractivity contribution >= 4 is 22.8 Å². The second-order valence-corrected chi connectivity index (χ2v) is 8.09. The Morgan fingerprint density at radius 1 is 1.00 bits per heavy atom. The SMILES string of the molecule is Cn1cc(C(=O)NC2CCN(C(=O)c3ccc(-n4cnc5ccccc54)cc3)CC2)cn1. The summed E-state index contributed by atoms with van der Waals surface area (Å²) in [6, 6.07) is 15.6. The lowest BCUT2D eigenvalue weighted by atomic mass is 10.0. The number of likely N-dealkylation sites (tertiary alicyclic amines) is 1. The normalized spacial score (nSPS) is 14.6. The lowest BCUT2D eigenvalue weighted by molar-refractivity contribution is 0.0698. The first kappa shape index (κ1) is 20.0. The van der Waals surface area contributed by atoms with Gasteiger partial charge in [0.1, 0.15) is 6.33 Å². The molecule has 1 N–H and O–H groups in total. The maximum atomic E-state index is 13.0. The van der Waals surface area contributed by atoms with E-state index in [4.69, 9.17) is 0 Å². The van der Waals surface area contributed by atoms with Gasteiger partial charge in [-0.2, -0.15) is 5.10 Å². The van der Waals surface area contributed by atoms with Gasteiger partial charge in [0.05, 0.1) is 22.8 Å². The van der Waals surface area contributed by atoms with Crippen molar-refractivity contribution in [1.82, 2.24) is 29.5 Å². The quantitative estimate of drug-likeness (QED) is 0.542. The van der Waals surface area contributed by atoms with Gasteiger partial charge in [-0.05, 0) is 49.2 Å². The molecule has 1 aliphatic heterocycles. The fourth-order valence-electron chi connectivity index (χ4n) is 4.15. The number of fused-ring (bicyclic) bond motifs is 1. The summed E-state index contributed by atoms with van der Waals surface area (Å²) in [5.41, 5.74) is 4.15. The van der Waals surface area contributed by atoms with Crippen molar-refractivity contribution < 1.29 is 9.59 Å². The van der Waals surface area contributed by atoms with Gasteiger partial charge in [-0.15, -0.1) is 0 Å². The van der Waals surface area contributed by atoms with E-state index in [0.29, 0.717) is 24.2 Å². The van der Waals surface area contributed by atoms with Gasteiger partial charge in [-0.3, -0.25) is 18.8 Å². The van der Waals surface area contributed by atoms with Crippen LogP contribution in [0.1, 0.15) is 33.6 Å². The summed E-state index contributed by atoms with van der Waals surface area (Å²) in [5.74, 6) is -0.102. The number of nitrogens with one attached hydrogen (secondary N) is 1. The van der Waals surface area contributed by atoms with E-state index in [-0.39, 0.29) is 17.9 Å². The molecular formula is C24H24N6O2. The predicted molar refractivity (Wildman–Crippen MR) is 121 cm³/mol. The molecule has 32 heavy (non-hydrogen) atoms. The number of piperidine rings is 1. The summed E-state index contributed by atoms with van der Waals surface area (Å²) in [6.45, 7) is 1.23. The van der Waals surface area contributed by atoms with Crippen LogP contribution in [-0.4, -0.2) is 55.2 Å². The summed E-state index contributed by atoms with van der Waals surface area (Å²) in [6.07, 6.45) is 6.52. The molecule has 5 rings (SSSR count). The minimum absolute atomic E-state index is 0.0177. The van der Waals surface area contributed by atoms with E-state index >= 15 is 0 Å². The van der Waals surface area contributed by atoms with Gasteiger partial charge in [0, 0.05) is 43.6 Å². The van der Waals surface area contributed by atoms with Gasteiger partial charge in [-0.25, -0.2) is 4.98 Å². The van der Waals surface area contributed by atoms with Crippen LogP contribution < -0.4 is 5.32 Å². The van der Waals surface area contributed by atoms with Crippen molar-refractivity contribution in [2.45, 2.75) is 18.9 Å². The number of para-hydroxylation sites is 2. The highest BCUT2D eigenvalue weighted by Crippen LogP contribution is 2.20. The smallest absolute Gasteiger partial charge is 0.254 e. The molecule has 0 aliphatic carbocycles. The summed E-state index contributed by atoms with van der Waals surface area (Å²) >= 11 is 0. The number of rotatable bonds is 4. The number of nitrogens with zero attached hydrogens (tertiary/aromatic N) is 5. The van der Waals surface area contributed by atoms with Gasteiger partial charge in [0.15, 0.2) is 0 Å². The molecule has 0 radical (unpaired) electrons. The topological polar surface area (TPSA) is 85.0 Å². The molecule has 1 aliphatic rings. The van der Waals surface area contributed by atoms with Gasteiger partial charge in [-0.1, -0.05) is 12.1 Å². The Kier molecular flexibility index (Phi) is 5.18. The van der Waals surface area contributed by atoms with Crippen LogP contribution in [0.25, 0.3) is 16.7 Å². The van der Waals surface area contributed by atoms with Crippen molar-refractivity contribution in [3.05, 3.63) is 78.4 Å². The molecule has 8 heteroatoms. The molecule has 8 nitrogen and oxygen atoms in total. The molecule has 1 fully saturated rings. The average molecular weight is 428 g/mol. The van der Waals surface area contributed by atoms with Crippen LogP contribution in [0.5, 0.6) is 0 Å². The van der Waals surface area contributed by atoms with Crippen molar-refractivity contribution in [2.75, 3.05) is 13.1 Å². The third-order valence-corrected chi connectivity index (χ3v) is 5.93. The van der Waals surface area contributed by atoms with Gasteiger partial charge in [0.2, 0.25) is 0 Å². The fourth-order valence-corrected chi connectivity index (χ4v) is 4.15. The zero-order chi connectivity index (χ0) is 22.1. The number of imidazole rings is 1. The van der Waals surface area contributed by atoms with Gasteiger partial charge < -0.3 is 10.2 Å². The molecule has 0 bridgehead atoms. The van der Waals surface area contributed by atoms with E-state index in [1.807, 2.05) is 58.0 Å². The van der Waals surface area contributed by atoms with Gasteiger partial charge >= 0.3 is 0 Å². The van der Waals surface area contributed by atoms with E-state index in [0.717, 1.165) is 29.6 Å². The van der Waals surface area contributed by atoms with E-state index in [9.17, 15) is 9.59 Å². The minimum Gasteiger partial charge on any atom is -0.349 e. The first-order valence-corrected chi connectivity index (χ1v) is 10.7. The summed E-state index contributed by atoms with van der Waals surface area (Å²) in [4.78, 5) is 31.6. The molecule has 4 aromatic rings. The number of aryl methyl sites for hydroxylation is 1. The highest BCUT2D eigenvalue weighted by Gasteiger charge is 2.25. The number of hydrogen-bond acceptors (Lipinski definition) is 4. The Balaban J connectivity index is 1.20. The molecule has 3 heterocycles. The molecule has 0 spiro atoms. The molecule has 0 atom stereocenters. The average Bonchev–Trinajstić information content (AvgIpc) is 3.46. The lowest BCUT2D eigenvalue weighted by Crippen LogP contribution is -2.46. The Morgan fingerprint density at radius 2 is 1.75 bits per heavy atom. The van der Waals surface area contributed by atoms with Crippen LogP contribution in [0.4, 0.5) is 0 Å². The summed E-state index contributed by atoms with van der Waals surface area (Å²) in [5, 5.41) is 7.08. The van der Waals surface area contributed by atoms with Crippen LogP contribution in [-0.2, 0) is 7.05 Å². The van der Waals surface area contributed by atoms with Crippen LogP contribution in [0.3, 0.4) is 0 Å². The summed E-state index contributed by atoms with van der Waals surface area (Å²) in [7, 11) is 1.78. The van der Waals surface area contributed by atoms with Crippen LogP contribution >= 0.6 is 0 Å². The van der Waals surface area contributed by atoms with Crippen molar-refractivity contribution in [1.29, 1.82) is 0 Å². The molecule has 0 unspecified atom stereocenters. The van der Waals surface area contributed by atoms with E-state index in [1.54, 1.807) is 30.5 Å². The minimum atomic E-state index is -0.120. The number of amides is 2. The zero-order valence-electron chi connectivity index (χ0n) is 17.8. The molecule has 0 saturated carbocycles. The molecule has 162 valence electrons. The monoisotopic (exact) mass is 428 g/mol. The molecule has 2 amide bonds. The van der Waals surface area contributed by atoms with Gasteiger partial charge in [0.25, 0.3) is 11.8 Å². The number of benzene rings is 2. The maximum absolute atomic E-state index is 13.0. The Hall–Kier alpha value is -3.94. The van der Waals surface area contributed by atoms with E-state index < -0.39 is 0 Å². The maximum Gasteiger partial charge on any atom is 0.254 e. The van der Waals surface area contributed by atoms with Crippen molar-refractivity contribution in [2.24, 2.45) is 7.05 Å². The number of aromatic nitrogens is 4. The second-order valence-electron chi connectivity index (χ2n) is 8.09. The predicted octanol–water partition coefficient (Wildman–Crippen LogP) is 2.79. The lowest BCUT2D eigenvalue weighted by Gasteiger charge is -2.32. The standard InChI is InChI=1S/C24H24N6O2/c1-28-15-18(14-26-28)23(31)27-19-10-12-29(13-11-19)24(32)17-6-8-20(9-7-17)30-16-25-21-4-2-3-5-22(21)30/h2-9,14-16,19H,10-13H2,1H3,(H,27,31).